The Kier molecular flexibility index (Phi) is 10.2. The van der Waals surface area contributed by atoms with Crippen molar-refractivity contribution in [2.24, 2.45) is 5.14 Å². The number of primary sulfonamides is 1. The standard InChI is InChI=1S/C25H29N5O6S/c1-18-6-8-27-22(16-18)23-17-20(7-9-28-23)25(32)30-11-13-36-15-14-35-12-10-29-24(31)19-2-4-21(5-3-19)37(26,33)34/h2-9,16-17H,10-15H2,1H3,(H,29,31)(H,30,32)(H2,26,33,34). The van der Waals surface area contributed by atoms with Crippen molar-refractivity contribution in [3.05, 3.63) is 77.6 Å². The number of amides is 2. The van der Waals surface area contributed by atoms with E-state index in [0.29, 0.717) is 48.9 Å². The number of hydrogen-bond donors (Lipinski definition) is 3. The fraction of sp³-hybridized carbons (Fsp3) is 0.280. The van der Waals surface area contributed by atoms with E-state index in [1.807, 2.05) is 19.1 Å². The van der Waals surface area contributed by atoms with Crippen LogP contribution in [0.4, 0.5) is 0 Å². The number of benzene rings is 1. The Balaban J connectivity index is 1.25. The van der Waals surface area contributed by atoms with Crippen LogP contribution in [0.3, 0.4) is 0 Å². The van der Waals surface area contributed by atoms with Gasteiger partial charge in [-0.15, -0.1) is 0 Å². The predicted molar refractivity (Wildman–Crippen MR) is 136 cm³/mol. The van der Waals surface area contributed by atoms with Crippen molar-refractivity contribution >= 4 is 21.8 Å². The van der Waals surface area contributed by atoms with Crippen LogP contribution in [0.5, 0.6) is 0 Å². The summed E-state index contributed by atoms with van der Waals surface area (Å²) in [5, 5.41) is 10.5. The smallest absolute Gasteiger partial charge is 0.251 e. The molecule has 0 radical (unpaired) electrons. The number of aryl methyl sites for hydroxylation is 1. The molecular formula is C25H29N5O6S. The van der Waals surface area contributed by atoms with Crippen LogP contribution in [-0.2, 0) is 19.5 Å². The minimum absolute atomic E-state index is 0.0610. The monoisotopic (exact) mass is 527 g/mol. The quantitative estimate of drug-likeness (QED) is 0.280. The van der Waals surface area contributed by atoms with Crippen molar-refractivity contribution in [2.45, 2.75) is 11.8 Å². The molecule has 0 aliphatic carbocycles. The van der Waals surface area contributed by atoms with E-state index in [1.54, 1.807) is 24.5 Å². The molecule has 0 saturated carbocycles. The van der Waals surface area contributed by atoms with Gasteiger partial charge in [-0.05, 0) is 61.0 Å². The molecule has 0 spiro atoms. The number of ether oxygens (including phenoxy) is 2. The number of carbonyl (C=O) groups is 2. The van der Waals surface area contributed by atoms with Gasteiger partial charge in [0.1, 0.15) is 0 Å². The van der Waals surface area contributed by atoms with Crippen molar-refractivity contribution in [2.75, 3.05) is 39.5 Å². The molecule has 0 atom stereocenters. The minimum atomic E-state index is -3.80. The molecule has 11 nitrogen and oxygen atoms in total. The van der Waals surface area contributed by atoms with Crippen molar-refractivity contribution < 1.29 is 27.5 Å². The number of pyridine rings is 2. The molecule has 0 fully saturated rings. The van der Waals surface area contributed by atoms with Gasteiger partial charge in [0.05, 0.1) is 42.7 Å². The number of nitrogens with one attached hydrogen (secondary N) is 2. The molecular weight excluding hydrogens is 498 g/mol. The van der Waals surface area contributed by atoms with Crippen molar-refractivity contribution in [3.63, 3.8) is 0 Å². The second-order valence-corrected chi connectivity index (χ2v) is 9.52. The second kappa shape index (κ2) is 13.6. The maximum absolute atomic E-state index is 12.4. The van der Waals surface area contributed by atoms with E-state index in [-0.39, 0.29) is 29.9 Å². The number of nitrogens with two attached hydrogens (primary N) is 1. The summed E-state index contributed by atoms with van der Waals surface area (Å²) in [6.07, 6.45) is 3.28. The van der Waals surface area contributed by atoms with Gasteiger partial charge in [-0.1, -0.05) is 0 Å². The summed E-state index contributed by atoms with van der Waals surface area (Å²) >= 11 is 0. The highest BCUT2D eigenvalue weighted by Crippen LogP contribution is 2.16. The molecule has 0 bridgehead atoms. The SMILES string of the molecule is Cc1ccnc(-c2cc(C(=O)NCCOCCOCCNC(=O)c3ccc(S(N)(=O)=O)cc3)ccn2)c1. The fourth-order valence-electron chi connectivity index (χ4n) is 3.18. The van der Waals surface area contributed by atoms with E-state index >= 15 is 0 Å². The lowest BCUT2D eigenvalue weighted by atomic mass is 10.1. The highest BCUT2D eigenvalue weighted by atomic mass is 32.2. The van der Waals surface area contributed by atoms with Crippen LogP contribution in [0.15, 0.2) is 65.8 Å². The van der Waals surface area contributed by atoms with E-state index in [2.05, 4.69) is 20.6 Å². The number of hydrogen-bond acceptors (Lipinski definition) is 8. The first-order valence-corrected chi connectivity index (χ1v) is 13.0. The molecule has 2 heterocycles. The van der Waals surface area contributed by atoms with Gasteiger partial charge in [0.25, 0.3) is 11.8 Å². The lowest BCUT2D eigenvalue weighted by Crippen LogP contribution is -2.28. The van der Waals surface area contributed by atoms with E-state index < -0.39 is 10.0 Å². The van der Waals surface area contributed by atoms with Gasteiger partial charge >= 0.3 is 0 Å². The molecule has 0 aliphatic heterocycles. The average molecular weight is 528 g/mol. The van der Waals surface area contributed by atoms with Crippen LogP contribution < -0.4 is 15.8 Å². The zero-order valence-electron chi connectivity index (χ0n) is 20.3. The normalized spacial score (nSPS) is 11.2. The van der Waals surface area contributed by atoms with Crippen LogP contribution in [-0.4, -0.2) is 69.7 Å². The molecule has 12 heteroatoms. The Morgan fingerprint density at radius 1 is 0.784 bits per heavy atom. The van der Waals surface area contributed by atoms with Crippen LogP contribution in [0.1, 0.15) is 26.3 Å². The number of rotatable bonds is 13. The minimum Gasteiger partial charge on any atom is -0.377 e. The number of sulfonamides is 1. The first-order valence-electron chi connectivity index (χ1n) is 11.5. The Morgan fingerprint density at radius 3 is 1.89 bits per heavy atom. The first-order chi connectivity index (χ1) is 17.7. The van der Waals surface area contributed by atoms with Gasteiger partial charge in [0, 0.05) is 36.6 Å². The summed E-state index contributed by atoms with van der Waals surface area (Å²) in [4.78, 5) is 33.0. The molecule has 0 aliphatic rings. The summed E-state index contributed by atoms with van der Waals surface area (Å²) in [6.45, 7) is 3.82. The lowest BCUT2D eigenvalue weighted by Gasteiger charge is -2.09. The van der Waals surface area contributed by atoms with Crippen LogP contribution in [0.2, 0.25) is 0 Å². The van der Waals surface area contributed by atoms with Crippen molar-refractivity contribution in [1.82, 2.24) is 20.6 Å². The number of aromatic nitrogens is 2. The Hall–Kier alpha value is -3.71. The fourth-order valence-corrected chi connectivity index (χ4v) is 3.70. The molecule has 4 N–H and O–H groups in total. The molecule has 0 saturated heterocycles. The third kappa shape index (κ3) is 9.03. The zero-order chi connectivity index (χ0) is 26.7. The maximum Gasteiger partial charge on any atom is 0.251 e. The van der Waals surface area contributed by atoms with Gasteiger partial charge in [-0.2, -0.15) is 0 Å². The summed E-state index contributed by atoms with van der Waals surface area (Å²) in [5.41, 5.74) is 3.19. The second-order valence-electron chi connectivity index (χ2n) is 7.95. The summed E-state index contributed by atoms with van der Waals surface area (Å²) in [6, 6.07) is 12.5. The van der Waals surface area contributed by atoms with Crippen LogP contribution in [0.25, 0.3) is 11.4 Å². The summed E-state index contributed by atoms with van der Waals surface area (Å²) in [5.74, 6) is -0.584. The van der Waals surface area contributed by atoms with E-state index in [0.717, 1.165) is 5.56 Å². The van der Waals surface area contributed by atoms with Gasteiger partial charge < -0.3 is 20.1 Å². The van der Waals surface area contributed by atoms with Crippen molar-refractivity contribution in [3.8, 4) is 11.4 Å². The van der Waals surface area contributed by atoms with Crippen LogP contribution >= 0.6 is 0 Å². The van der Waals surface area contributed by atoms with Gasteiger partial charge in [-0.25, -0.2) is 13.6 Å². The Labute approximate surface area is 215 Å². The lowest BCUT2D eigenvalue weighted by molar-refractivity contribution is 0.0486. The van der Waals surface area contributed by atoms with Gasteiger partial charge in [0.2, 0.25) is 10.0 Å². The molecule has 3 rings (SSSR count). The highest BCUT2D eigenvalue weighted by Gasteiger charge is 2.10. The third-order valence-corrected chi connectivity index (χ3v) is 6.01. The summed E-state index contributed by atoms with van der Waals surface area (Å²) < 4.78 is 33.4. The molecule has 1 aromatic carbocycles. The number of carbonyl (C=O) groups excluding carboxylic acids is 2. The van der Waals surface area contributed by atoms with E-state index in [9.17, 15) is 18.0 Å². The highest BCUT2D eigenvalue weighted by molar-refractivity contribution is 7.89. The predicted octanol–water partition coefficient (Wildman–Crippen LogP) is 1.29. The molecule has 2 amide bonds. The topological polar surface area (TPSA) is 163 Å². The largest absolute Gasteiger partial charge is 0.377 e. The van der Waals surface area contributed by atoms with Crippen LogP contribution in [0, 0.1) is 6.92 Å². The maximum atomic E-state index is 12.4. The molecule has 37 heavy (non-hydrogen) atoms. The first kappa shape index (κ1) is 27.9. The molecule has 196 valence electrons. The van der Waals surface area contributed by atoms with Crippen molar-refractivity contribution in [1.29, 1.82) is 0 Å². The number of nitrogens with zero attached hydrogens (tertiary/aromatic N) is 2. The molecule has 0 unspecified atom stereocenters. The van der Waals surface area contributed by atoms with E-state index in [1.165, 1.54) is 24.3 Å². The molecule has 3 aromatic rings. The van der Waals surface area contributed by atoms with Gasteiger partial charge in [-0.3, -0.25) is 19.6 Å². The van der Waals surface area contributed by atoms with E-state index in [4.69, 9.17) is 14.6 Å². The molecule has 2 aromatic heterocycles. The van der Waals surface area contributed by atoms with Gasteiger partial charge in [0.15, 0.2) is 0 Å². The zero-order valence-corrected chi connectivity index (χ0v) is 21.2. The third-order valence-electron chi connectivity index (χ3n) is 5.08. The summed E-state index contributed by atoms with van der Waals surface area (Å²) in [7, 11) is -3.80. The Morgan fingerprint density at radius 2 is 1.32 bits per heavy atom. The Bertz CT molecular complexity index is 1320. The average Bonchev–Trinajstić information content (AvgIpc) is 2.89.